The third kappa shape index (κ3) is 4.96. The van der Waals surface area contributed by atoms with E-state index < -0.39 is 11.5 Å². The number of carbonyl (C=O) groups excluding carboxylic acids is 1. The lowest BCUT2D eigenvalue weighted by Gasteiger charge is -2.28. The molecule has 0 aromatic heterocycles. The summed E-state index contributed by atoms with van der Waals surface area (Å²) >= 11 is 1.57. The third-order valence-corrected chi connectivity index (χ3v) is 5.58. The predicted octanol–water partition coefficient (Wildman–Crippen LogP) is 4.20. The number of benzene rings is 3. The highest BCUT2D eigenvalue weighted by molar-refractivity contribution is 7.98. The zero-order valence-corrected chi connectivity index (χ0v) is 17.6. The van der Waals surface area contributed by atoms with Crippen molar-refractivity contribution >= 4 is 17.7 Å². The number of rotatable bonds is 8. The molecule has 30 heavy (non-hydrogen) atoms. The zero-order chi connectivity index (χ0) is 21.6. The van der Waals surface area contributed by atoms with Crippen molar-refractivity contribution < 1.29 is 19.7 Å². The second kappa shape index (κ2) is 9.69. The molecule has 0 heterocycles. The fourth-order valence-corrected chi connectivity index (χ4v) is 3.74. The summed E-state index contributed by atoms with van der Waals surface area (Å²) in [7, 11) is 0. The maximum absolute atomic E-state index is 13.0. The van der Waals surface area contributed by atoms with Crippen LogP contribution in [-0.4, -0.2) is 28.2 Å². The van der Waals surface area contributed by atoms with Gasteiger partial charge in [0.25, 0.3) is 0 Å². The molecule has 3 aromatic rings. The van der Waals surface area contributed by atoms with Gasteiger partial charge in [0.05, 0.1) is 0 Å². The first-order chi connectivity index (χ1) is 14.4. The Bertz CT molecular complexity index is 1010. The second-order valence-corrected chi connectivity index (χ2v) is 8.06. The molecule has 0 aliphatic heterocycles. The van der Waals surface area contributed by atoms with Crippen molar-refractivity contribution in [3.05, 3.63) is 89.5 Å². The van der Waals surface area contributed by atoms with E-state index >= 15 is 0 Å². The molecule has 0 radical (unpaired) electrons. The molecule has 0 saturated carbocycles. The lowest BCUT2D eigenvalue weighted by molar-refractivity contribution is -0.141. The SMILES string of the molecule is CSCCC(N)(C(=O)Oc1ccc(Cc2ccccc2O)cc1)c1ccccc1O. The Kier molecular flexibility index (Phi) is 7.03. The summed E-state index contributed by atoms with van der Waals surface area (Å²) in [6, 6.07) is 20.8. The molecule has 3 rings (SSSR count). The number of phenols is 2. The first kappa shape index (κ1) is 21.7. The van der Waals surface area contributed by atoms with Crippen LogP contribution in [0, 0.1) is 0 Å². The van der Waals surface area contributed by atoms with Gasteiger partial charge in [-0.05, 0) is 53.8 Å². The molecule has 3 aromatic carbocycles. The summed E-state index contributed by atoms with van der Waals surface area (Å²) in [6.07, 6.45) is 2.82. The minimum atomic E-state index is -1.46. The van der Waals surface area contributed by atoms with Crippen LogP contribution in [0.1, 0.15) is 23.1 Å². The first-order valence-electron chi connectivity index (χ1n) is 9.58. The van der Waals surface area contributed by atoms with Crippen LogP contribution >= 0.6 is 11.8 Å². The molecule has 0 bridgehead atoms. The fourth-order valence-electron chi connectivity index (χ4n) is 3.21. The molecule has 5 nitrogen and oxygen atoms in total. The topological polar surface area (TPSA) is 92.8 Å². The van der Waals surface area contributed by atoms with Gasteiger partial charge in [0.1, 0.15) is 22.8 Å². The van der Waals surface area contributed by atoms with Crippen LogP contribution in [0.25, 0.3) is 0 Å². The number of para-hydroxylation sites is 2. The van der Waals surface area contributed by atoms with Crippen molar-refractivity contribution in [1.29, 1.82) is 0 Å². The lowest BCUT2D eigenvalue weighted by Crippen LogP contribution is -2.48. The summed E-state index contributed by atoms with van der Waals surface area (Å²) in [5.74, 6) is 0.606. The van der Waals surface area contributed by atoms with Crippen molar-refractivity contribution in [2.24, 2.45) is 5.73 Å². The van der Waals surface area contributed by atoms with Crippen molar-refractivity contribution in [1.82, 2.24) is 0 Å². The Morgan fingerprint density at radius 1 is 0.967 bits per heavy atom. The van der Waals surface area contributed by atoms with Gasteiger partial charge in [-0.2, -0.15) is 11.8 Å². The van der Waals surface area contributed by atoms with Gasteiger partial charge in [0.2, 0.25) is 0 Å². The van der Waals surface area contributed by atoms with E-state index in [9.17, 15) is 15.0 Å². The average Bonchev–Trinajstić information content (AvgIpc) is 2.75. The summed E-state index contributed by atoms with van der Waals surface area (Å²) in [5.41, 5.74) is 7.15. The number of phenolic OH excluding ortho intramolecular Hbond substituents is 2. The van der Waals surface area contributed by atoms with Crippen LogP contribution < -0.4 is 10.5 Å². The van der Waals surface area contributed by atoms with Gasteiger partial charge in [-0.25, -0.2) is 4.79 Å². The molecule has 1 unspecified atom stereocenters. The van der Waals surface area contributed by atoms with Crippen molar-refractivity contribution in [3.8, 4) is 17.2 Å². The largest absolute Gasteiger partial charge is 0.508 e. The fraction of sp³-hybridized carbons (Fsp3) is 0.208. The highest BCUT2D eigenvalue weighted by Crippen LogP contribution is 2.32. The number of thioether (sulfide) groups is 1. The van der Waals surface area contributed by atoms with E-state index in [1.54, 1.807) is 54.2 Å². The third-order valence-electron chi connectivity index (χ3n) is 4.97. The van der Waals surface area contributed by atoms with E-state index in [2.05, 4.69) is 0 Å². The van der Waals surface area contributed by atoms with E-state index in [0.717, 1.165) is 11.1 Å². The van der Waals surface area contributed by atoms with Gasteiger partial charge in [-0.15, -0.1) is 0 Å². The number of aromatic hydroxyl groups is 2. The summed E-state index contributed by atoms with van der Waals surface area (Å²) in [5, 5.41) is 20.2. The number of hydrogen-bond donors (Lipinski definition) is 3. The number of hydrogen-bond acceptors (Lipinski definition) is 6. The molecule has 0 aliphatic rings. The smallest absolute Gasteiger partial charge is 0.336 e. The van der Waals surface area contributed by atoms with Crippen LogP contribution in [0.3, 0.4) is 0 Å². The molecule has 0 fully saturated rings. The summed E-state index contributed by atoms with van der Waals surface area (Å²) in [4.78, 5) is 13.0. The Morgan fingerprint density at radius 2 is 1.60 bits per heavy atom. The monoisotopic (exact) mass is 423 g/mol. The van der Waals surface area contributed by atoms with Crippen LogP contribution in [0.15, 0.2) is 72.8 Å². The van der Waals surface area contributed by atoms with Crippen molar-refractivity contribution in [2.45, 2.75) is 18.4 Å². The van der Waals surface area contributed by atoms with Gasteiger partial charge >= 0.3 is 5.97 Å². The Hall–Kier alpha value is -2.96. The number of nitrogens with two attached hydrogens (primary N) is 1. The number of carbonyl (C=O) groups is 1. The lowest BCUT2D eigenvalue weighted by atomic mass is 9.87. The predicted molar refractivity (Wildman–Crippen MR) is 120 cm³/mol. The minimum absolute atomic E-state index is 0.0314. The minimum Gasteiger partial charge on any atom is -0.508 e. The van der Waals surface area contributed by atoms with Gasteiger partial charge in [-0.3, -0.25) is 0 Å². The quantitative estimate of drug-likeness (QED) is 0.371. The highest BCUT2D eigenvalue weighted by Gasteiger charge is 2.39. The van der Waals surface area contributed by atoms with Crippen molar-refractivity contribution in [3.63, 3.8) is 0 Å². The summed E-state index contributed by atoms with van der Waals surface area (Å²) in [6.45, 7) is 0. The van der Waals surface area contributed by atoms with Gasteiger partial charge < -0.3 is 20.7 Å². The molecule has 1 atom stereocenters. The average molecular weight is 424 g/mol. The second-order valence-electron chi connectivity index (χ2n) is 7.07. The maximum Gasteiger partial charge on any atom is 0.336 e. The maximum atomic E-state index is 13.0. The van der Waals surface area contributed by atoms with E-state index in [-0.39, 0.29) is 11.5 Å². The zero-order valence-electron chi connectivity index (χ0n) is 16.7. The van der Waals surface area contributed by atoms with E-state index in [1.807, 2.05) is 30.5 Å². The highest BCUT2D eigenvalue weighted by atomic mass is 32.2. The van der Waals surface area contributed by atoms with E-state index in [1.165, 1.54) is 6.07 Å². The molecular weight excluding hydrogens is 398 g/mol. The van der Waals surface area contributed by atoms with Crippen LogP contribution in [0.2, 0.25) is 0 Å². The van der Waals surface area contributed by atoms with Gasteiger partial charge in [0.15, 0.2) is 0 Å². The van der Waals surface area contributed by atoms with Crippen LogP contribution in [0.4, 0.5) is 0 Å². The number of esters is 1. The molecule has 4 N–H and O–H groups in total. The molecule has 156 valence electrons. The molecule has 0 spiro atoms. The Balaban J connectivity index is 1.77. The van der Waals surface area contributed by atoms with Crippen molar-refractivity contribution in [2.75, 3.05) is 12.0 Å². The van der Waals surface area contributed by atoms with Crippen LogP contribution in [0.5, 0.6) is 17.2 Å². The molecule has 0 aliphatic carbocycles. The normalized spacial score (nSPS) is 12.9. The standard InChI is InChI=1S/C24H25NO4S/c1-30-15-14-24(25,20-7-3-5-9-22(20)27)23(28)29-19-12-10-17(11-13-19)16-18-6-2-4-8-21(18)26/h2-13,26-27H,14-16,25H2,1H3. The van der Waals surface area contributed by atoms with E-state index in [4.69, 9.17) is 10.5 Å². The molecular formula is C24H25NO4S. The summed E-state index contributed by atoms with van der Waals surface area (Å²) < 4.78 is 5.58. The van der Waals surface area contributed by atoms with Gasteiger partial charge in [0, 0.05) is 12.0 Å². The van der Waals surface area contributed by atoms with Gasteiger partial charge in [-0.1, -0.05) is 48.5 Å². The van der Waals surface area contributed by atoms with E-state index in [0.29, 0.717) is 29.9 Å². The number of ether oxygens (including phenoxy) is 1. The molecule has 6 heteroatoms. The Morgan fingerprint density at radius 3 is 2.23 bits per heavy atom. The van der Waals surface area contributed by atoms with Crippen LogP contribution in [-0.2, 0) is 16.8 Å². The molecule has 0 saturated heterocycles. The molecule has 0 amide bonds. The Labute approximate surface area is 180 Å². The first-order valence-corrected chi connectivity index (χ1v) is 11.0.